The predicted octanol–water partition coefficient (Wildman–Crippen LogP) is 2.02. The number of rotatable bonds is 4. The van der Waals surface area contributed by atoms with E-state index in [4.69, 9.17) is 0 Å². The molecule has 1 aromatic heterocycles. The number of ketones is 2. The average molecular weight is 203 g/mol. The number of nitrogens with zero attached hydrogens (tertiary/aromatic N) is 1. The molecule has 1 saturated carbocycles. The Morgan fingerprint density at radius 1 is 1.40 bits per heavy atom. The van der Waals surface area contributed by atoms with Crippen molar-refractivity contribution in [2.75, 3.05) is 0 Å². The summed E-state index contributed by atoms with van der Waals surface area (Å²) in [6.07, 6.45) is 6.20. The molecule has 0 radical (unpaired) electrons. The van der Waals surface area contributed by atoms with Gasteiger partial charge in [-0.05, 0) is 25.0 Å². The second-order valence-electron chi connectivity index (χ2n) is 3.94. The summed E-state index contributed by atoms with van der Waals surface area (Å²) in [5.74, 6) is 0.126. The third kappa shape index (κ3) is 2.29. The summed E-state index contributed by atoms with van der Waals surface area (Å²) in [7, 11) is 0. The van der Waals surface area contributed by atoms with Gasteiger partial charge in [0, 0.05) is 23.9 Å². The molecule has 3 heteroatoms. The Kier molecular flexibility index (Phi) is 2.90. The summed E-state index contributed by atoms with van der Waals surface area (Å²) in [5, 5.41) is 0. The quantitative estimate of drug-likeness (QED) is 0.555. The zero-order valence-corrected chi connectivity index (χ0v) is 8.48. The van der Waals surface area contributed by atoms with Gasteiger partial charge in [-0.3, -0.25) is 14.6 Å². The zero-order chi connectivity index (χ0) is 10.7. The zero-order valence-electron chi connectivity index (χ0n) is 8.48. The Morgan fingerprint density at radius 2 is 2.20 bits per heavy atom. The molecule has 15 heavy (non-hydrogen) atoms. The molecule has 1 heterocycles. The van der Waals surface area contributed by atoms with Crippen LogP contribution in [-0.4, -0.2) is 16.6 Å². The van der Waals surface area contributed by atoms with Gasteiger partial charge in [0.05, 0.1) is 6.42 Å². The smallest absolute Gasteiger partial charge is 0.171 e. The third-order valence-corrected chi connectivity index (χ3v) is 2.88. The Balaban J connectivity index is 1.95. The van der Waals surface area contributed by atoms with E-state index in [0.29, 0.717) is 5.56 Å². The van der Waals surface area contributed by atoms with Gasteiger partial charge in [-0.15, -0.1) is 0 Å². The molecule has 1 fully saturated rings. The van der Waals surface area contributed by atoms with Crippen LogP contribution in [0, 0.1) is 5.92 Å². The van der Waals surface area contributed by atoms with Gasteiger partial charge in [0.1, 0.15) is 5.78 Å². The summed E-state index contributed by atoms with van der Waals surface area (Å²) in [6.45, 7) is 0. The molecular weight excluding hydrogens is 190 g/mol. The highest BCUT2D eigenvalue weighted by Gasteiger charge is 2.26. The molecule has 1 aliphatic rings. The van der Waals surface area contributed by atoms with Crippen molar-refractivity contribution in [3.63, 3.8) is 0 Å². The highest BCUT2D eigenvalue weighted by molar-refractivity contribution is 6.08. The number of carbonyl (C=O) groups is 2. The molecule has 78 valence electrons. The maximum atomic E-state index is 11.6. The van der Waals surface area contributed by atoms with Crippen LogP contribution >= 0.6 is 0 Å². The summed E-state index contributed by atoms with van der Waals surface area (Å²) in [6, 6.07) is 3.41. The molecule has 0 saturated heterocycles. The molecule has 0 spiro atoms. The minimum absolute atomic E-state index is 0.0381. The number of carbonyl (C=O) groups excluding carboxylic acids is 2. The molecule has 3 nitrogen and oxygen atoms in total. The first-order chi connectivity index (χ1) is 7.27. The normalized spacial score (nSPS) is 15.7. The van der Waals surface area contributed by atoms with E-state index in [9.17, 15) is 9.59 Å². The van der Waals surface area contributed by atoms with Crippen LogP contribution in [-0.2, 0) is 4.79 Å². The summed E-state index contributed by atoms with van der Waals surface area (Å²) >= 11 is 0. The monoisotopic (exact) mass is 203 g/mol. The molecule has 1 aromatic rings. The molecule has 0 aliphatic heterocycles. The van der Waals surface area contributed by atoms with Gasteiger partial charge in [-0.1, -0.05) is 6.42 Å². The van der Waals surface area contributed by atoms with Gasteiger partial charge in [0.15, 0.2) is 5.78 Å². The molecule has 0 aromatic carbocycles. The Labute approximate surface area is 88.5 Å². The molecule has 2 rings (SSSR count). The van der Waals surface area contributed by atoms with Crippen molar-refractivity contribution in [2.45, 2.75) is 25.7 Å². The standard InChI is InChI=1S/C12H13NO2/c14-11(9-3-1-4-9)7-12(15)10-5-2-6-13-8-10/h2,5-6,8-9H,1,3-4,7H2. The minimum atomic E-state index is -0.111. The lowest BCUT2D eigenvalue weighted by Crippen LogP contribution is -2.24. The van der Waals surface area contributed by atoms with E-state index in [1.165, 1.54) is 6.20 Å². The lowest BCUT2D eigenvalue weighted by Gasteiger charge is -2.23. The van der Waals surface area contributed by atoms with Crippen molar-refractivity contribution in [2.24, 2.45) is 5.92 Å². The third-order valence-electron chi connectivity index (χ3n) is 2.88. The van der Waals surface area contributed by atoms with Crippen LogP contribution in [0.15, 0.2) is 24.5 Å². The fraction of sp³-hybridized carbons (Fsp3) is 0.417. The lowest BCUT2D eigenvalue weighted by atomic mass is 9.80. The topological polar surface area (TPSA) is 47.0 Å². The summed E-state index contributed by atoms with van der Waals surface area (Å²) in [4.78, 5) is 27.1. The minimum Gasteiger partial charge on any atom is -0.299 e. The molecule has 0 atom stereocenters. The Hall–Kier alpha value is -1.51. The second-order valence-corrected chi connectivity index (χ2v) is 3.94. The SMILES string of the molecule is O=C(CC(=O)C1CCC1)c1cccnc1. The van der Waals surface area contributed by atoms with E-state index in [1.54, 1.807) is 18.3 Å². The van der Waals surface area contributed by atoms with E-state index >= 15 is 0 Å². The maximum absolute atomic E-state index is 11.6. The van der Waals surface area contributed by atoms with Gasteiger partial charge in [-0.2, -0.15) is 0 Å². The van der Waals surface area contributed by atoms with Gasteiger partial charge in [0.2, 0.25) is 0 Å². The highest BCUT2D eigenvalue weighted by Crippen LogP contribution is 2.28. The summed E-state index contributed by atoms with van der Waals surface area (Å²) in [5.41, 5.74) is 0.533. The number of hydrogen-bond donors (Lipinski definition) is 0. The predicted molar refractivity (Wildman–Crippen MR) is 55.5 cm³/mol. The Bertz CT molecular complexity index is 368. The van der Waals surface area contributed by atoms with E-state index in [1.807, 2.05) is 0 Å². The van der Waals surface area contributed by atoms with Crippen molar-refractivity contribution < 1.29 is 9.59 Å². The van der Waals surface area contributed by atoms with E-state index < -0.39 is 0 Å². The van der Waals surface area contributed by atoms with Gasteiger partial charge in [0.25, 0.3) is 0 Å². The van der Waals surface area contributed by atoms with Crippen molar-refractivity contribution in [1.29, 1.82) is 0 Å². The van der Waals surface area contributed by atoms with Crippen LogP contribution in [0.2, 0.25) is 0 Å². The number of hydrogen-bond acceptors (Lipinski definition) is 3. The fourth-order valence-electron chi connectivity index (χ4n) is 1.66. The van der Waals surface area contributed by atoms with E-state index in [-0.39, 0.29) is 23.9 Å². The highest BCUT2D eigenvalue weighted by atomic mass is 16.1. The second kappa shape index (κ2) is 4.34. The molecule has 0 amide bonds. The maximum Gasteiger partial charge on any atom is 0.171 e. The number of Topliss-reactive ketones (excluding diaryl/α,β-unsaturated/α-hetero) is 2. The molecule has 1 aliphatic carbocycles. The lowest BCUT2D eigenvalue weighted by molar-refractivity contribution is -0.124. The largest absolute Gasteiger partial charge is 0.299 e. The van der Waals surface area contributed by atoms with Crippen LogP contribution in [0.4, 0.5) is 0 Å². The van der Waals surface area contributed by atoms with Gasteiger partial charge in [-0.25, -0.2) is 0 Å². The van der Waals surface area contributed by atoms with Crippen LogP contribution in [0.3, 0.4) is 0 Å². The van der Waals surface area contributed by atoms with Crippen LogP contribution in [0.25, 0.3) is 0 Å². The first kappa shape index (κ1) is 10.0. The molecule has 0 unspecified atom stereocenters. The summed E-state index contributed by atoms with van der Waals surface area (Å²) < 4.78 is 0. The van der Waals surface area contributed by atoms with Crippen molar-refractivity contribution in [1.82, 2.24) is 4.98 Å². The Morgan fingerprint density at radius 3 is 2.73 bits per heavy atom. The van der Waals surface area contributed by atoms with Crippen molar-refractivity contribution >= 4 is 11.6 Å². The average Bonchev–Trinajstić information content (AvgIpc) is 2.16. The molecule has 0 bridgehead atoms. The van der Waals surface area contributed by atoms with Crippen LogP contribution in [0.5, 0.6) is 0 Å². The fourth-order valence-corrected chi connectivity index (χ4v) is 1.66. The van der Waals surface area contributed by atoms with Gasteiger partial charge < -0.3 is 0 Å². The van der Waals surface area contributed by atoms with E-state index in [0.717, 1.165) is 19.3 Å². The number of aromatic nitrogens is 1. The molecule has 0 N–H and O–H groups in total. The number of pyridine rings is 1. The van der Waals surface area contributed by atoms with Crippen LogP contribution in [0.1, 0.15) is 36.0 Å². The van der Waals surface area contributed by atoms with Crippen molar-refractivity contribution in [3.8, 4) is 0 Å². The van der Waals surface area contributed by atoms with Gasteiger partial charge >= 0.3 is 0 Å². The van der Waals surface area contributed by atoms with E-state index in [2.05, 4.69) is 4.98 Å². The first-order valence-corrected chi connectivity index (χ1v) is 5.23. The first-order valence-electron chi connectivity index (χ1n) is 5.23. The van der Waals surface area contributed by atoms with Crippen molar-refractivity contribution in [3.05, 3.63) is 30.1 Å². The van der Waals surface area contributed by atoms with Crippen LogP contribution < -0.4 is 0 Å². The molecular formula is C12H13NO2.